The normalized spacial score (nSPS) is 48.9. The second-order valence-electron chi connectivity index (χ2n) is 8.79. The van der Waals surface area contributed by atoms with Crippen molar-refractivity contribution in [3.63, 3.8) is 0 Å². The lowest BCUT2D eigenvalue weighted by atomic mass is 9.53. The molecule has 0 saturated heterocycles. The highest BCUT2D eigenvalue weighted by Crippen LogP contribution is 2.63. The minimum absolute atomic E-state index is 0.212. The number of hydrogen-bond acceptors (Lipinski definition) is 1. The average Bonchev–Trinajstić information content (AvgIpc) is 2.74. The first-order valence-electron chi connectivity index (χ1n) is 8.84. The Morgan fingerprint density at radius 2 is 2.05 bits per heavy atom. The Morgan fingerprint density at radius 1 is 1.24 bits per heavy atom. The molecule has 21 heavy (non-hydrogen) atoms. The maximum atomic E-state index is 11.8. The summed E-state index contributed by atoms with van der Waals surface area (Å²) in [6, 6.07) is 0. The van der Waals surface area contributed by atoms with Crippen LogP contribution in [0.25, 0.3) is 0 Å². The number of carbonyl (C=O) groups is 1. The molecule has 0 heterocycles. The van der Waals surface area contributed by atoms with Gasteiger partial charge in [-0.3, -0.25) is 4.79 Å². The predicted octanol–water partition coefficient (Wildman–Crippen LogP) is 5.07. The quantitative estimate of drug-likeness (QED) is 0.567. The van der Waals surface area contributed by atoms with Crippen molar-refractivity contribution in [1.82, 2.24) is 0 Å². The van der Waals surface area contributed by atoms with Gasteiger partial charge in [0.25, 0.3) is 0 Å². The summed E-state index contributed by atoms with van der Waals surface area (Å²) in [4.78, 5) is 11.8. The van der Waals surface area contributed by atoms with Crippen LogP contribution in [0.5, 0.6) is 0 Å². The predicted molar refractivity (Wildman–Crippen MR) is 85.9 cm³/mol. The zero-order chi connectivity index (χ0) is 14.8. The van der Waals surface area contributed by atoms with Crippen molar-refractivity contribution in [2.24, 2.45) is 28.6 Å². The fourth-order valence-electron chi connectivity index (χ4n) is 6.21. The summed E-state index contributed by atoms with van der Waals surface area (Å²) in [6.45, 7) is 7.39. The molecule has 0 aromatic rings. The lowest BCUT2D eigenvalue weighted by molar-refractivity contribution is -0.120. The number of ketones is 1. The van der Waals surface area contributed by atoms with E-state index in [9.17, 15) is 4.79 Å². The first-order valence-corrected chi connectivity index (χ1v) is 8.84. The summed E-state index contributed by atoms with van der Waals surface area (Å²) < 4.78 is 0. The molecule has 0 bridgehead atoms. The van der Waals surface area contributed by atoms with E-state index in [-0.39, 0.29) is 5.41 Å². The molecule has 0 N–H and O–H groups in total. The van der Waals surface area contributed by atoms with Gasteiger partial charge in [0.2, 0.25) is 0 Å². The summed E-state index contributed by atoms with van der Waals surface area (Å²) in [5.41, 5.74) is 3.91. The summed E-state index contributed by atoms with van der Waals surface area (Å²) >= 11 is 0. The number of rotatable bonds is 0. The molecule has 0 aliphatic heterocycles. The van der Waals surface area contributed by atoms with E-state index in [1.807, 2.05) is 0 Å². The number of fused-ring (bicyclic) bond motifs is 5. The van der Waals surface area contributed by atoms with Gasteiger partial charge in [0.15, 0.2) is 0 Å². The Balaban J connectivity index is 1.74. The van der Waals surface area contributed by atoms with E-state index in [1.165, 1.54) is 31.3 Å². The van der Waals surface area contributed by atoms with E-state index in [0.717, 1.165) is 37.0 Å². The monoisotopic (exact) mass is 284 g/mol. The van der Waals surface area contributed by atoms with Gasteiger partial charge in [-0.25, -0.2) is 0 Å². The third kappa shape index (κ3) is 1.85. The van der Waals surface area contributed by atoms with Gasteiger partial charge in [0, 0.05) is 18.3 Å². The van der Waals surface area contributed by atoms with Gasteiger partial charge in [-0.05, 0) is 55.3 Å². The molecular formula is C20H28O. The minimum atomic E-state index is 0.212. The number of allylic oxidation sites excluding steroid dienone is 4. The largest absolute Gasteiger partial charge is 0.299 e. The number of hydrogen-bond donors (Lipinski definition) is 0. The Labute approximate surface area is 128 Å². The van der Waals surface area contributed by atoms with Crippen molar-refractivity contribution in [2.75, 3.05) is 0 Å². The van der Waals surface area contributed by atoms with Crippen molar-refractivity contribution in [3.05, 3.63) is 23.3 Å². The van der Waals surface area contributed by atoms with Crippen LogP contribution in [0.15, 0.2) is 23.3 Å². The van der Waals surface area contributed by atoms with Gasteiger partial charge in [-0.15, -0.1) is 0 Å². The summed E-state index contributed by atoms with van der Waals surface area (Å²) in [5.74, 6) is 2.97. The van der Waals surface area contributed by atoms with Gasteiger partial charge < -0.3 is 0 Å². The van der Waals surface area contributed by atoms with Crippen molar-refractivity contribution in [1.29, 1.82) is 0 Å². The molecule has 0 amide bonds. The Kier molecular flexibility index (Phi) is 2.85. The van der Waals surface area contributed by atoms with Gasteiger partial charge in [0.05, 0.1) is 0 Å². The molecule has 0 aromatic carbocycles. The molecule has 5 atom stereocenters. The topological polar surface area (TPSA) is 17.1 Å². The highest BCUT2D eigenvalue weighted by atomic mass is 16.1. The third-order valence-electron chi connectivity index (χ3n) is 7.30. The van der Waals surface area contributed by atoms with Crippen LogP contribution in [-0.2, 0) is 4.79 Å². The highest BCUT2D eigenvalue weighted by Gasteiger charge is 2.53. The van der Waals surface area contributed by atoms with E-state index in [1.54, 1.807) is 5.57 Å². The van der Waals surface area contributed by atoms with Crippen LogP contribution in [0.2, 0.25) is 0 Å². The SMILES string of the molecule is C[C@@H]1C[C@H]2[C@@H]3CC=C4CC(=O)CC[C@]4(C)C3=CC[C@]2(C)C1. The smallest absolute Gasteiger partial charge is 0.137 e. The molecule has 4 aliphatic rings. The van der Waals surface area contributed by atoms with Gasteiger partial charge >= 0.3 is 0 Å². The van der Waals surface area contributed by atoms with Crippen LogP contribution in [0, 0.1) is 28.6 Å². The zero-order valence-corrected chi connectivity index (χ0v) is 13.7. The van der Waals surface area contributed by atoms with Gasteiger partial charge in [-0.1, -0.05) is 44.1 Å². The van der Waals surface area contributed by atoms with Crippen molar-refractivity contribution >= 4 is 5.78 Å². The van der Waals surface area contributed by atoms with E-state index < -0.39 is 0 Å². The van der Waals surface area contributed by atoms with Crippen molar-refractivity contribution in [2.45, 2.75) is 65.7 Å². The third-order valence-corrected chi connectivity index (χ3v) is 7.30. The second-order valence-corrected chi connectivity index (χ2v) is 8.79. The molecule has 4 aliphatic carbocycles. The second kappa shape index (κ2) is 4.33. The van der Waals surface area contributed by atoms with Crippen molar-refractivity contribution in [3.8, 4) is 0 Å². The maximum absolute atomic E-state index is 11.8. The average molecular weight is 284 g/mol. The fraction of sp³-hybridized carbons (Fsp3) is 0.750. The first kappa shape index (κ1) is 13.8. The maximum Gasteiger partial charge on any atom is 0.137 e. The standard InChI is InChI=1S/C20H28O/c1-13-10-18-16-5-4-14-11-15(21)6-9-20(14,3)17(16)7-8-19(18,2)12-13/h4,7,13,16,18H,5-6,8-12H2,1-3H3/t13-,16-,18+,19-,20+/m1/s1. The summed E-state index contributed by atoms with van der Waals surface area (Å²) in [5, 5.41) is 0. The van der Waals surface area contributed by atoms with Crippen LogP contribution in [0.3, 0.4) is 0 Å². The minimum Gasteiger partial charge on any atom is -0.299 e. The molecule has 4 rings (SSSR count). The number of Topliss-reactive ketones (excluding diaryl/α,β-unsaturated/α-hetero) is 1. The van der Waals surface area contributed by atoms with Crippen LogP contribution < -0.4 is 0 Å². The zero-order valence-electron chi connectivity index (χ0n) is 13.7. The molecule has 0 radical (unpaired) electrons. The molecule has 1 nitrogen and oxygen atoms in total. The molecule has 0 spiro atoms. The number of carbonyl (C=O) groups excluding carboxylic acids is 1. The van der Waals surface area contributed by atoms with E-state index >= 15 is 0 Å². The van der Waals surface area contributed by atoms with Crippen LogP contribution in [0.1, 0.15) is 65.7 Å². The molecule has 114 valence electrons. The fourth-order valence-corrected chi connectivity index (χ4v) is 6.21. The molecule has 2 fully saturated rings. The van der Waals surface area contributed by atoms with E-state index in [4.69, 9.17) is 0 Å². The Hall–Kier alpha value is -0.850. The first-order chi connectivity index (χ1) is 9.92. The highest BCUT2D eigenvalue weighted by molar-refractivity contribution is 5.83. The summed E-state index contributed by atoms with van der Waals surface area (Å²) in [7, 11) is 0. The van der Waals surface area contributed by atoms with Gasteiger partial charge in [0.1, 0.15) is 5.78 Å². The molecule has 2 saturated carbocycles. The van der Waals surface area contributed by atoms with Crippen LogP contribution >= 0.6 is 0 Å². The van der Waals surface area contributed by atoms with Crippen LogP contribution in [0.4, 0.5) is 0 Å². The van der Waals surface area contributed by atoms with E-state index in [2.05, 4.69) is 32.9 Å². The van der Waals surface area contributed by atoms with E-state index in [0.29, 0.717) is 11.2 Å². The molecular weight excluding hydrogens is 256 g/mol. The summed E-state index contributed by atoms with van der Waals surface area (Å²) in [6.07, 6.45) is 12.9. The molecule has 0 aromatic heterocycles. The molecule has 0 unspecified atom stereocenters. The lowest BCUT2D eigenvalue weighted by Crippen LogP contribution is -2.42. The van der Waals surface area contributed by atoms with Crippen LogP contribution in [-0.4, -0.2) is 5.78 Å². The Morgan fingerprint density at radius 3 is 2.86 bits per heavy atom. The molecule has 1 heteroatoms. The Bertz CT molecular complexity index is 554. The lowest BCUT2D eigenvalue weighted by Gasteiger charge is -2.51. The van der Waals surface area contributed by atoms with Crippen molar-refractivity contribution < 1.29 is 4.79 Å². The van der Waals surface area contributed by atoms with Gasteiger partial charge in [-0.2, -0.15) is 0 Å².